The van der Waals surface area contributed by atoms with E-state index in [0.717, 1.165) is 18.8 Å². The zero-order chi connectivity index (χ0) is 15.2. The van der Waals surface area contributed by atoms with Gasteiger partial charge in [0.05, 0.1) is 13.2 Å². The molecular weight excluding hydrogens is 273 g/mol. The summed E-state index contributed by atoms with van der Waals surface area (Å²) in [6.07, 6.45) is 0. The zero-order valence-electron chi connectivity index (χ0n) is 12.3. The van der Waals surface area contributed by atoms with Gasteiger partial charge in [0, 0.05) is 38.4 Å². The number of aliphatic hydroxyl groups excluding tert-OH is 1. The highest BCUT2D eigenvalue weighted by Gasteiger charge is 2.21. The van der Waals surface area contributed by atoms with Gasteiger partial charge in [-0.15, -0.1) is 0 Å². The van der Waals surface area contributed by atoms with Crippen LogP contribution in [-0.2, 0) is 4.79 Å². The summed E-state index contributed by atoms with van der Waals surface area (Å²) in [5.74, 6) is -0.149. The van der Waals surface area contributed by atoms with Crippen molar-refractivity contribution < 1.29 is 14.3 Å². The number of carbonyl (C=O) groups excluding carboxylic acids is 1. The second kappa shape index (κ2) is 7.38. The first-order valence-corrected chi connectivity index (χ1v) is 7.18. The number of benzene rings is 1. The number of rotatable bonds is 5. The van der Waals surface area contributed by atoms with E-state index in [1.165, 1.54) is 12.1 Å². The maximum Gasteiger partial charge on any atom is 0.236 e. The number of likely N-dealkylation sites (N-methyl/N-ethyl adjacent to an activating group) is 1. The summed E-state index contributed by atoms with van der Waals surface area (Å²) in [6.45, 7) is 3.73. The van der Waals surface area contributed by atoms with E-state index in [2.05, 4.69) is 4.90 Å². The second-order valence-electron chi connectivity index (χ2n) is 5.31. The summed E-state index contributed by atoms with van der Waals surface area (Å²) in [5, 5.41) is 8.84. The van der Waals surface area contributed by atoms with E-state index in [1.54, 1.807) is 12.1 Å². The van der Waals surface area contributed by atoms with Crippen molar-refractivity contribution >= 4 is 11.6 Å². The van der Waals surface area contributed by atoms with E-state index < -0.39 is 0 Å². The molecule has 1 N–H and O–H groups in total. The lowest BCUT2D eigenvalue weighted by atomic mass is 10.2. The van der Waals surface area contributed by atoms with Crippen LogP contribution in [0.15, 0.2) is 24.3 Å². The Labute approximate surface area is 124 Å². The van der Waals surface area contributed by atoms with Crippen molar-refractivity contribution in [3.05, 3.63) is 30.1 Å². The van der Waals surface area contributed by atoms with E-state index in [9.17, 15) is 9.18 Å². The van der Waals surface area contributed by atoms with Gasteiger partial charge in [-0.1, -0.05) is 0 Å². The van der Waals surface area contributed by atoms with Gasteiger partial charge in [-0.25, -0.2) is 4.39 Å². The molecule has 5 nitrogen and oxygen atoms in total. The van der Waals surface area contributed by atoms with Crippen LogP contribution in [0.1, 0.15) is 0 Å². The van der Waals surface area contributed by atoms with Crippen molar-refractivity contribution in [2.45, 2.75) is 0 Å². The lowest BCUT2D eigenvalue weighted by molar-refractivity contribution is -0.132. The van der Waals surface area contributed by atoms with E-state index in [4.69, 9.17) is 5.11 Å². The Balaban J connectivity index is 1.82. The zero-order valence-corrected chi connectivity index (χ0v) is 12.3. The van der Waals surface area contributed by atoms with Crippen molar-refractivity contribution in [2.24, 2.45) is 0 Å². The van der Waals surface area contributed by atoms with Crippen LogP contribution < -0.4 is 4.90 Å². The number of nitrogens with zero attached hydrogens (tertiary/aromatic N) is 3. The Morgan fingerprint density at radius 1 is 1.24 bits per heavy atom. The summed E-state index contributed by atoms with van der Waals surface area (Å²) >= 11 is 0. The molecule has 21 heavy (non-hydrogen) atoms. The smallest absolute Gasteiger partial charge is 0.236 e. The van der Waals surface area contributed by atoms with Crippen LogP contribution in [0.5, 0.6) is 0 Å². The molecule has 116 valence electrons. The highest BCUT2D eigenvalue weighted by Crippen LogP contribution is 2.16. The standard InChI is InChI=1S/C15H22FN3O2/c1-17(10-11-20)12-15(21)19-8-6-18(7-9-19)14-4-2-13(16)3-5-14/h2-5,20H,6-12H2,1H3. The quantitative estimate of drug-likeness (QED) is 0.854. The van der Waals surface area contributed by atoms with Crippen molar-refractivity contribution in [1.82, 2.24) is 9.80 Å². The number of aliphatic hydroxyl groups is 1. The molecule has 1 heterocycles. The van der Waals surface area contributed by atoms with Gasteiger partial charge >= 0.3 is 0 Å². The third-order valence-electron chi connectivity index (χ3n) is 3.71. The number of carbonyl (C=O) groups is 1. The highest BCUT2D eigenvalue weighted by atomic mass is 19.1. The second-order valence-corrected chi connectivity index (χ2v) is 5.31. The van der Waals surface area contributed by atoms with Crippen LogP contribution in [0.3, 0.4) is 0 Å². The number of halogens is 1. The molecule has 1 saturated heterocycles. The molecule has 0 spiro atoms. The summed E-state index contributed by atoms with van der Waals surface area (Å²) in [7, 11) is 1.82. The lowest BCUT2D eigenvalue weighted by Crippen LogP contribution is -2.51. The Hall–Kier alpha value is -1.66. The van der Waals surface area contributed by atoms with Crippen molar-refractivity contribution in [1.29, 1.82) is 0 Å². The van der Waals surface area contributed by atoms with Gasteiger partial charge in [0.1, 0.15) is 5.82 Å². The Kier molecular flexibility index (Phi) is 5.52. The summed E-state index contributed by atoms with van der Waals surface area (Å²) < 4.78 is 12.9. The number of hydrogen-bond acceptors (Lipinski definition) is 4. The third kappa shape index (κ3) is 4.41. The molecule has 0 bridgehead atoms. The number of amides is 1. The monoisotopic (exact) mass is 295 g/mol. The Morgan fingerprint density at radius 3 is 2.43 bits per heavy atom. The maximum atomic E-state index is 12.9. The van der Waals surface area contributed by atoms with Crippen LogP contribution >= 0.6 is 0 Å². The van der Waals surface area contributed by atoms with Crippen LogP contribution in [0.4, 0.5) is 10.1 Å². The number of anilines is 1. The maximum absolute atomic E-state index is 12.9. The predicted molar refractivity (Wildman–Crippen MR) is 79.8 cm³/mol. The first-order chi connectivity index (χ1) is 10.1. The normalized spacial score (nSPS) is 15.6. The summed E-state index contributed by atoms with van der Waals surface area (Å²) in [6, 6.07) is 6.44. The Bertz CT molecular complexity index is 458. The van der Waals surface area contributed by atoms with E-state index >= 15 is 0 Å². The summed E-state index contributed by atoms with van der Waals surface area (Å²) in [4.78, 5) is 17.9. The van der Waals surface area contributed by atoms with E-state index in [-0.39, 0.29) is 18.3 Å². The van der Waals surface area contributed by atoms with E-state index in [1.807, 2.05) is 16.8 Å². The lowest BCUT2D eigenvalue weighted by Gasteiger charge is -2.36. The molecule has 0 aliphatic carbocycles. The first-order valence-electron chi connectivity index (χ1n) is 7.18. The molecule has 1 aliphatic rings. The van der Waals surface area contributed by atoms with Gasteiger partial charge < -0.3 is 14.9 Å². The van der Waals surface area contributed by atoms with Crippen LogP contribution in [0, 0.1) is 5.82 Å². The Morgan fingerprint density at radius 2 is 1.86 bits per heavy atom. The molecular formula is C15H22FN3O2. The van der Waals surface area contributed by atoms with Crippen molar-refractivity contribution in [2.75, 3.05) is 57.8 Å². The topological polar surface area (TPSA) is 47.0 Å². The largest absolute Gasteiger partial charge is 0.395 e. The SMILES string of the molecule is CN(CCO)CC(=O)N1CCN(c2ccc(F)cc2)CC1. The molecule has 0 aromatic heterocycles. The minimum Gasteiger partial charge on any atom is -0.395 e. The molecule has 1 aliphatic heterocycles. The van der Waals surface area contributed by atoms with Gasteiger partial charge in [0.15, 0.2) is 0 Å². The van der Waals surface area contributed by atoms with Gasteiger partial charge in [-0.05, 0) is 31.3 Å². The molecule has 0 atom stereocenters. The van der Waals surface area contributed by atoms with Gasteiger partial charge in [-0.2, -0.15) is 0 Å². The molecule has 6 heteroatoms. The van der Waals surface area contributed by atoms with Crippen LogP contribution in [0.2, 0.25) is 0 Å². The fourth-order valence-electron chi connectivity index (χ4n) is 2.45. The summed E-state index contributed by atoms with van der Waals surface area (Å²) in [5.41, 5.74) is 0.987. The molecule has 1 fully saturated rings. The molecule has 0 radical (unpaired) electrons. The van der Waals surface area contributed by atoms with Crippen molar-refractivity contribution in [3.8, 4) is 0 Å². The average molecular weight is 295 g/mol. The fraction of sp³-hybridized carbons (Fsp3) is 0.533. The highest BCUT2D eigenvalue weighted by molar-refractivity contribution is 5.78. The number of piperazine rings is 1. The molecule has 2 rings (SSSR count). The molecule has 1 aromatic rings. The minimum atomic E-state index is -0.237. The third-order valence-corrected chi connectivity index (χ3v) is 3.71. The van der Waals surface area contributed by atoms with Crippen LogP contribution in [-0.4, -0.2) is 73.7 Å². The van der Waals surface area contributed by atoms with Crippen LogP contribution in [0.25, 0.3) is 0 Å². The molecule has 0 unspecified atom stereocenters. The number of hydrogen-bond donors (Lipinski definition) is 1. The molecule has 0 saturated carbocycles. The average Bonchev–Trinajstić information content (AvgIpc) is 2.48. The first kappa shape index (κ1) is 15.7. The molecule has 1 aromatic carbocycles. The van der Waals surface area contributed by atoms with Gasteiger partial charge in [0.2, 0.25) is 5.91 Å². The van der Waals surface area contributed by atoms with Gasteiger partial charge in [-0.3, -0.25) is 9.69 Å². The predicted octanol–water partition coefficient (Wildman–Crippen LogP) is 0.398. The van der Waals surface area contributed by atoms with Gasteiger partial charge in [0.25, 0.3) is 0 Å². The van der Waals surface area contributed by atoms with Crippen molar-refractivity contribution in [3.63, 3.8) is 0 Å². The fourth-order valence-corrected chi connectivity index (χ4v) is 2.45. The minimum absolute atomic E-state index is 0.0577. The molecule has 1 amide bonds. The van der Waals surface area contributed by atoms with E-state index in [0.29, 0.717) is 26.2 Å².